The summed E-state index contributed by atoms with van der Waals surface area (Å²) in [7, 11) is 0. The van der Waals surface area contributed by atoms with Crippen molar-refractivity contribution in [2.24, 2.45) is 17.8 Å². The summed E-state index contributed by atoms with van der Waals surface area (Å²) in [6, 6.07) is 7.50. The number of anilines is 1. The minimum atomic E-state index is -4.49. The van der Waals surface area contributed by atoms with Gasteiger partial charge in [0.1, 0.15) is 0 Å². The zero-order valence-electron chi connectivity index (χ0n) is 14.5. The predicted molar refractivity (Wildman–Crippen MR) is 90.8 cm³/mol. The van der Waals surface area contributed by atoms with Crippen LogP contribution in [0.5, 0.6) is 0 Å². The Balaban J connectivity index is 1.43. The number of rotatable bonds is 3. The van der Waals surface area contributed by atoms with Crippen molar-refractivity contribution >= 4 is 11.6 Å². The molecule has 2 aromatic rings. The SMILES string of the molecule is O=C(Nc1cccc(C(F)(F)F)c1)[C@@H]1[C@@H]2O[C@@H]([C@H]3C[C@H]32)[C@@H]1c1ccnc(F)c1. The number of carbonyl (C=O) groups is 1. The van der Waals surface area contributed by atoms with Crippen LogP contribution in [0.4, 0.5) is 23.2 Å². The molecule has 1 amide bonds. The molecule has 3 heterocycles. The Morgan fingerprint density at radius 1 is 1.14 bits per heavy atom. The van der Waals surface area contributed by atoms with Crippen LogP contribution in [0.15, 0.2) is 42.6 Å². The molecule has 1 aliphatic carbocycles. The highest BCUT2D eigenvalue weighted by Gasteiger charge is 2.68. The van der Waals surface area contributed by atoms with Crippen LogP contribution < -0.4 is 5.32 Å². The fraction of sp³-hybridized carbons (Fsp3) is 0.400. The van der Waals surface area contributed by atoms with Crippen LogP contribution in [0, 0.1) is 23.7 Å². The van der Waals surface area contributed by atoms with E-state index in [1.807, 2.05) is 0 Å². The van der Waals surface area contributed by atoms with E-state index in [0.29, 0.717) is 17.4 Å². The highest BCUT2D eigenvalue weighted by molar-refractivity contribution is 5.94. The van der Waals surface area contributed by atoms with Crippen molar-refractivity contribution in [2.45, 2.75) is 30.7 Å². The first-order valence-corrected chi connectivity index (χ1v) is 9.08. The molecule has 0 unspecified atom stereocenters. The minimum Gasteiger partial charge on any atom is -0.373 e. The number of amides is 1. The maximum absolute atomic E-state index is 13.6. The summed E-state index contributed by atoms with van der Waals surface area (Å²) in [5.41, 5.74) is -0.117. The normalized spacial score (nSPS) is 32.9. The smallest absolute Gasteiger partial charge is 0.373 e. The lowest BCUT2D eigenvalue weighted by atomic mass is 9.75. The first-order valence-electron chi connectivity index (χ1n) is 9.08. The Kier molecular flexibility index (Phi) is 3.78. The van der Waals surface area contributed by atoms with Gasteiger partial charge in [0.25, 0.3) is 0 Å². The standard InChI is InChI=1S/C20H16F4N2O2/c21-14-6-9(4-5-25-14)15-16(18-13-8-12(13)17(15)28-18)19(27)26-11-3-1-2-10(7-11)20(22,23)24/h1-7,12-13,15-18H,8H2,(H,26,27)/t12-,13+,15+,16-,17-,18+/m0/s1. The zero-order valence-corrected chi connectivity index (χ0v) is 14.5. The van der Waals surface area contributed by atoms with Gasteiger partial charge in [-0.1, -0.05) is 6.07 Å². The maximum atomic E-state index is 13.6. The Labute approximate surface area is 157 Å². The molecule has 8 heteroatoms. The number of halogens is 4. The van der Waals surface area contributed by atoms with Gasteiger partial charge in [0.2, 0.25) is 11.9 Å². The molecule has 146 valence electrons. The largest absolute Gasteiger partial charge is 0.416 e. The van der Waals surface area contributed by atoms with Crippen molar-refractivity contribution < 1.29 is 27.1 Å². The van der Waals surface area contributed by atoms with Crippen LogP contribution in [0.25, 0.3) is 0 Å². The lowest BCUT2D eigenvalue weighted by Gasteiger charge is -2.27. The third-order valence-electron chi connectivity index (χ3n) is 6.04. The van der Waals surface area contributed by atoms with Crippen molar-refractivity contribution in [3.63, 3.8) is 0 Å². The number of hydrogen-bond acceptors (Lipinski definition) is 3. The first kappa shape index (κ1) is 17.6. The number of nitrogens with one attached hydrogen (secondary N) is 1. The molecule has 6 atom stereocenters. The number of aromatic nitrogens is 1. The van der Waals surface area contributed by atoms with Crippen LogP contribution in [0.1, 0.15) is 23.5 Å². The molecule has 28 heavy (non-hydrogen) atoms. The molecule has 4 nitrogen and oxygen atoms in total. The molecule has 2 saturated heterocycles. The Morgan fingerprint density at radius 2 is 1.93 bits per heavy atom. The topological polar surface area (TPSA) is 51.2 Å². The number of alkyl halides is 3. The summed E-state index contributed by atoms with van der Waals surface area (Å²) < 4.78 is 58.4. The first-order chi connectivity index (χ1) is 13.3. The average molecular weight is 392 g/mol. The quantitative estimate of drug-likeness (QED) is 0.635. The third kappa shape index (κ3) is 2.78. The van der Waals surface area contributed by atoms with Crippen molar-refractivity contribution in [3.8, 4) is 0 Å². The van der Waals surface area contributed by atoms with E-state index < -0.39 is 29.5 Å². The number of hydrogen-bond donors (Lipinski definition) is 1. The summed E-state index contributed by atoms with van der Waals surface area (Å²) >= 11 is 0. The minimum absolute atomic E-state index is 0.0783. The van der Waals surface area contributed by atoms with Gasteiger partial charge in [0.05, 0.1) is 23.7 Å². The lowest BCUT2D eigenvalue weighted by Crippen LogP contribution is -2.37. The second kappa shape index (κ2) is 6.01. The summed E-state index contributed by atoms with van der Waals surface area (Å²) in [6.45, 7) is 0. The maximum Gasteiger partial charge on any atom is 0.416 e. The summed E-state index contributed by atoms with van der Waals surface area (Å²) in [5, 5.41) is 2.61. The monoisotopic (exact) mass is 392 g/mol. The van der Waals surface area contributed by atoms with Gasteiger partial charge in [-0.3, -0.25) is 4.79 Å². The lowest BCUT2D eigenvalue weighted by molar-refractivity contribution is -0.137. The van der Waals surface area contributed by atoms with Crippen molar-refractivity contribution in [3.05, 3.63) is 59.7 Å². The van der Waals surface area contributed by atoms with E-state index in [9.17, 15) is 22.4 Å². The van der Waals surface area contributed by atoms with E-state index in [-0.39, 0.29) is 23.8 Å². The van der Waals surface area contributed by atoms with Gasteiger partial charge in [-0.05, 0) is 54.2 Å². The van der Waals surface area contributed by atoms with Crippen LogP contribution in [0.3, 0.4) is 0 Å². The molecule has 1 N–H and O–H groups in total. The molecule has 3 fully saturated rings. The van der Waals surface area contributed by atoms with Gasteiger partial charge in [-0.2, -0.15) is 17.6 Å². The number of nitrogens with zero attached hydrogens (tertiary/aromatic N) is 1. The number of fused-ring (bicyclic) bond motifs is 5. The van der Waals surface area contributed by atoms with Gasteiger partial charge in [0.15, 0.2) is 0 Å². The Hall–Kier alpha value is -2.48. The van der Waals surface area contributed by atoms with Crippen LogP contribution in [-0.2, 0) is 15.7 Å². The summed E-state index contributed by atoms with van der Waals surface area (Å²) in [4.78, 5) is 16.6. The predicted octanol–water partition coefficient (Wildman–Crippen LogP) is 4.00. The fourth-order valence-electron chi connectivity index (χ4n) is 4.82. The van der Waals surface area contributed by atoms with Crippen LogP contribution in [0.2, 0.25) is 0 Å². The van der Waals surface area contributed by atoms with E-state index in [1.54, 1.807) is 6.07 Å². The second-order valence-electron chi connectivity index (χ2n) is 7.66. The zero-order chi connectivity index (χ0) is 19.6. The van der Waals surface area contributed by atoms with Gasteiger partial charge >= 0.3 is 6.18 Å². The Morgan fingerprint density at radius 3 is 2.68 bits per heavy atom. The van der Waals surface area contributed by atoms with Crippen molar-refractivity contribution in [1.82, 2.24) is 4.98 Å². The second-order valence-corrected chi connectivity index (χ2v) is 7.66. The molecule has 1 aromatic carbocycles. The molecular formula is C20H16F4N2O2. The van der Waals surface area contributed by atoms with Crippen molar-refractivity contribution in [1.29, 1.82) is 0 Å². The van der Waals surface area contributed by atoms with Gasteiger partial charge in [-0.25, -0.2) is 4.98 Å². The van der Waals surface area contributed by atoms with E-state index in [2.05, 4.69) is 10.3 Å². The molecule has 0 spiro atoms. The van der Waals surface area contributed by atoms with Gasteiger partial charge < -0.3 is 10.1 Å². The number of benzene rings is 1. The Bertz CT molecular complexity index is 948. The molecule has 5 rings (SSSR count). The number of pyridine rings is 1. The molecule has 0 radical (unpaired) electrons. The van der Waals surface area contributed by atoms with Crippen LogP contribution >= 0.6 is 0 Å². The number of ether oxygens (including phenoxy) is 1. The summed E-state index contributed by atoms with van der Waals surface area (Å²) in [6.07, 6.45) is -2.64. The fourth-order valence-corrected chi connectivity index (χ4v) is 4.82. The van der Waals surface area contributed by atoms with E-state index in [4.69, 9.17) is 4.74 Å². The van der Waals surface area contributed by atoms with Gasteiger partial charge in [-0.15, -0.1) is 0 Å². The van der Waals surface area contributed by atoms with Crippen LogP contribution in [-0.4, -0.2) is 23.1 Å². The molecule has 2 aliphatic heterocycles. The molecular weight excluding hydrogens is 376 g/mol. The molecule has 1 aromatic heterocycles. The molecule has 3 aliphatic rings. The molecule has 1 saturated carbocycles. The highest BCUT2D eigenvalue weighted by Crippen LogP contribution is 2.65. The molecule has 2 bridgehead atoms. The van der Waals surface area contributed by atoms with E-state index in [0.717, 1.165) is 18.6 Å². The summed E-state index contributed by atoms with van der Waals surface area (Å²) in [5.74, 6) is -1.29. The highest BCUT2D eigenvalue weighted by atomic mass is 19.4. The van der Waals surface area contributed by atoms with E-state index >= 15 is 0 Å². The van der Waals surface area contributed by atoms with E-state index in [1.165, 1.54) is 24.4 Å². The van der Waals surface area contributed by atoms with Crippen molar-refractivity contribution in [2.75, 3.05) is 5.32 Å². The van der Waals surface area contributed by atoms with Gasteiger partial charge in [0, 0.05) is 17.8 Å². The number of carbonyl (C=O) groups excluding carboxylic acids is 1. The third-order valence-corrected chi connectivity index (χ3v) is 6.04. The average Bonchev–Trinajstić information content (AvgIpc) is 3.25.